The smallest absolute Gasteiger partial charge is 0.279 e. The summed E-state index contributed by atoms with van der Waals surface area (Å²) in [6.45, 7) is 3.54. The number of quaternary nitrogens is 1. The highest BCUT2D eigenvalue weighted by molar-refractivity contribution is 6.30. The van der Waals surface area contributed by atoms with Crippen molar-refractivity contribution in [1.82, 2.24) is 0 Å². The fourth-order valence-corrected chi connectivity index (χ4v) is 2.68. The molecule has 0 bridgehead atoms. The number of hydrogen-bond donors (Lipinski definition) is 2. The summed E-state index contributed by atoms with van der Waals surface area (Å²) in [5.74, 6) is -0.621. The first-order chi connectivity index (χ1) is 9.06. The van der Waals surface area contributed by atoms with Crippen molar-refractivity contribution in [3.05, 3.63) is 29.0 Å². The maximum atomic E-state index is 13.5. The topological polar surface area (TPSA) is 33.5 Å². The molecule has 2 rings (SSSR count). The maximum Gasteiger partial charge on any atom is 0.279 e. The van der Waals surface area contributed by atoms with Crippen LogP contribution in [0.4, 0.5) is 10.1 Å². The van der Waals surface area contributed by atoms with Crippen LogP contribution in [0.5, 0.6) is 0 Å². The van der Waals surface area contributed by atoms with Gasteiger partial charge in [-0.1, -0.05) is 11.6 Å². The number of halogens is 2. The van der Waals surface area contributed by atoms with Gasteiger partial charge in [0.05, 0.1) is 18.3 Å². The Hall–Kier alpha value is -1.13. The van der Waals surface area contributed by atoms with Crippen molar-refractivity contribution in [3.8, 4) is 0 Å². The Morgan fingerprint density at radius 2 is 2.32 bits per heavy atom. The van der Waals surface area contributed by atoms with Gasteiger partial charge >= 0.3 is 0 Å². The van der Waals surface area contributed by atoms with E-state index in [2.05, 4.69) is 12.2 Å². The summed E-state index contributed by atoms with van der Waals surface area (Å²) in [5.41, 5.74) is 0.154. The lowest BCUT2D eigenvalue weighted by Crippen LogP contribution is -3.17. The van der Waals surface area contributed by atoms with Gasteiger partial charge in [-0.2, -0.15) is 0 Å². The molecule has 0 spiro atoms. The van der Waals surface area contributed by atoms with E-state index in [0.29, 0.717) is 17.6 Å². The van der Waals surface area contributed by atoms with Crippen LogP contribution in [-0.4, -0.2) is 25.0 Å². The molecule has 1 aliphatic rings. The second kappa shape index (κ2) is 6.35. The fourth-order valence-electron chi connectivity index (χ4n) is 2.51. The summed E-state index contributed by atoms with van der Waals surface area (Å²) in [6.07, 6.45) is 3.53. The average Bonchev–Trinajstić information content (AvgIpc) is 2.37. The molecule has 19 heavy (non-hydrogen) atoms. The zero-order valence-corrected chi connectivity index (χ0v) is 11.8. The van der Waals surface area contributed by atoms with Crippen molar-refractivity contribution >= 4 is 23.2 Å². The van der Waals surface area contributed by atoms with E-state index in [-0.39, 0.29) is 11.6 Å². The minimum atomic E-state index is -0.459. The van der Waals surface area contributed by atoms with Crippen molar-refractivity contribution < 1.29 is 14.1 Å². The standard InChI is InChI=1S/C14H18ClFN2O/c1-10-4-2-3-7-18(10)9-14(19)17-13-8-11(15)5-6-12(13)16/h5-6,8,10H,2-4,7,9H2,1H3,(H,17,19)/p+1/t10-/m1/s1. The van der Waals surface area contributed by atoms with Gasteiger partial charge < -0.3 is 10.2 Å². The molecule has 104 valence electrons. The van der Waals surface area contributed by atoms with Gasteiger partial charge in [0.15, 0.2) is 6.54 Å². The largest absolute Gasteiger partial charge is 0.325 e. The Bertz CT molecular complexity index is 467. The molecule has 0 radical (unpaired) electrons. The molecule has 3 nitrogen and oxygen atoms in total. The van der Waals surface area contributed by atoms with Gasteiger partial charge in [0.1, 0.15) is 5.82 Å². The van der Waals surface area contributed by atoms with Gasteiger partial charge in [0, 0.05) is 5.02 Å². The number of anilines is 1. The number of rotatable bonds is 3. The van der Waals surface area contributed by atoms with E-state index in [9.17, 15) is 9.18 Å². The number of nitrogens with one attached hydrogen (secondary N) is 2. The lowest BCUT2D eigenvalue weighted by molar-refractivity contribution is -0.920. The molecule has 0 aromatic heterocycles. The molecule has 1 aromatic carbocycles. The van der Waals surface area contributed by atoms with Crippen LogP contribution in [0.1, 0.15) is 26.2 Å². The summed E-state index contributed by atoms with van der Waals surface area (Å²) in [5, 5.41) is 3.01. The van der Waals surface area contributed by atoms with Gasteiger partial charge in [-0.05, 0) is 44.4 Å². The van der Waals surface area contributed by atoms with Gasteiger partial charge in [-0.25, -0.2) is 4.39 Å². The lowest BCUT2D eigenvalue weighted by atomic mass is 10.0. The molecule has 1 saturated heterocycles. The van der Waals surface area contributed by atoms with E-state index in [4.69, 9.17) is 11.6 Å². The Morgan fingerprint density at radius 1 is 1.53 bits per heavy atom. The van der Waals surface area contributed by atoms with E-state index in [0.717, 1.165) is 19.4 Å². The highest BCUT2D eigenvalue weighted by Crippen LogP contribution is 2.19. The zero-order chi connectivity index (χ0) is 13.8. The third-order valence-electron chi connectivity index (χ3n) is 3.67. The molecule has 2 N–H and O–H groups in total. The van der Waals surface area contributed by atoms with Crippen molar-refractivity contribution in [3.63, 3.8) is 0 Å². The summed E-state index contributed by atoms with van der Waals surface area (Å²) in [7, 11) is 0. The second-order valence-electron chi connectivity index (χ2n) is 5.15. The highest BCUT2D eigenvalue weighted by atomic mass is 35.5. The first-order valence-corrected chi connectivity index (χ1v) is 7.03. The molecular weight excluding hydrogens is 267 g/mol. The number of likely N-dealkylation sites (tertiary alicyclic amines) is 1. The van der Waals surface area contributed by atoms with E-state index in [1.165, 1.54) is 29.5 Å². The van der Waals surface area contributed by atoms with Crippen LogP contribution in [0.25, 0.3) is 0 Å². The molecule has 1 amide bonds. The SMILES string of the molecule is C[C@@H]1CCCC[NH+]1CC(=O)Nc1cc(Cl)ccc1F. The van der Waals surface area contributed by atoms with E-state index in [1.807, 2.05) is 0 Å². The maximum absolute atomic E-state index is 13.5. The van der Waals surface area contributed by atoms with E-state index < -0.39 is 5.82 Å². The Balaban J connectivity index is 1.95. The van der Waals surface area contributed by atoms with E-state index >= 15 is 0 Å². The second-order valence-corrected chi connectivity index (χ2v) is 5.59. The molecule has 0 saturated carbocycles. The summed E-state index contributed by atoms with van der Waals surface area (Å²) in [6, 6.07) is 4.64. The number of carbonyl (C=O) groups excluding carboxylic acids is 1. The van der Waals surface area contributed by atoms with Crippen LogP contribution in [0.15, 0.2) is 18.2 Å². The van der Waals surface area contributed by atoms with Crippen LogP contribution in [0, 0.1) is 5.82 Å². The number of benzene rings is 1. The third-order valence-corrected chi connectivity index (χ3v) is 3.91. The number of carbonyl (C=O) groups is 1. The molecule has 1 fully saturated rings. The molecule has 5 heteroatoms. The molecule has 1 aliphatic heterocycles. The third kappa shape index (κ3) is 3.91. The first kappa shape index (κ1) is 14.3. The van der Waals surface area contributed by atoms with Crippen LogP contribution < -0.4 is 10.2 Å². The van der Waals surface area contributed by atoms with Crippen molar-refractivity contribution in [2.45, 2.75) is 32.2 Å². The summed E-state index contributed by atoms with van der Waals surface area (Å²) >= 11 is 5.79. The summed E-state index contributed by atoms with van der Waals surface area (Å²) in [4.78, 5) is 13.2. The van der Waals surface area contributed by atoms with Crippen molar-refractivity contribution in [2.75, 3.05) is 18.4 Å². The fraction of sp³-hybridized carbons (Fsp3) is 0.500. The minimum Gasteiger partial charge on any atom is -0.325 e. The quantitative estimate of drug-likeness (QED) is 0.873. The number of piperidine rings is 1. The summed E-state index contributed by atoms with van der Waals surface area (Å²) < 4.78 is 13.5. The van der Waals surface area contributed by atoms with Crippen LogP contribution >= 0.6 is 11.6 Å². The Morgan fingerprint density at radius 3 is 3.05 bits per heavy atom. The number of amides is 1. The van der Waals surface area contributed by atoms with Gasteiger partial charge in [-0.15, -0.1) is 0 Å². The molecule has 1 heterocycles. The molecular formula is C14H19ClFN2O+. The van der Waals surface area contributed by atoms with Gasteiger partial charge in [0.25, 0.3) is 5.91 Å². The van der Waals surface area contributed by atoms with Crippen LogP contribution in [0.3, 0.4) is 0 Å². The molecule has 1 aromatic rings. The predicted octanol–water partition coefficient (Wildman–Crippen LogP) is 1.87. The molecule has 1 unspecified atom stereocenters. The lowest BCUT2D eigenvalue weighted by Gasteiger charge is -2.29. The molecule has 2 atom stereocenters. The first-order valence-electron chi connectivity index (χ1n) is 6.66. The number of hydrogen-bond acceptors (Lipinski definition) is 1. The van der Waals surface area contributed by atoms with Crippen LogP contribution in [-0.2, 0) is 4.79 Å². The normalized spacial score (nSPS) is 23.1. The average molecular weight is 286 g/mol. The Kier molecular flexibility index (Phi) is 4.77. The monoisotopic (exact) mass is 285 g/mol. The van der Waals surface area contributed by atoms with Crippen molar-refractivity contribution in [1.29, 1.82) is 0 Å². The predicted molar refractivity (Wildman–Crippen MR) is 74.0 cm³/mol. The van der Waals surface area contributed by atoms with Gasteiger partial charge in [0.2, 0.25) is 0 Å². The Labute approximate surface area is 117 Å². The minimum absolute atomic E-state index is 0.154. The highest BCUT2D eigenvalue weighted by Gasteiger charge is 2.24. The zero-order valence-electron chi connectivity index (χ0n) is 11.0. The van der Waals surface area contributed by atoms with E-state index in [1.54, 1.807) is 0 Å². The van der Waals surface area contributed by atoms with Crippen molar-refractivity contribution in [2.24, 2.45) is 0 Å². The molecule has 0 aliphatic carbocycles. The van der Waals surface area contributed by atoms with Gasteiger partial charge in [-0.3, -0.25) is 4.79 Å². The van der Waals surface area contributed by atoms with Crippen LogP contribution in [0.2, 0.25) is 5.02 Å².